The SMILES string of the molecule is CC(C)(CC(=O)O)CC(=O)Nc1c(F)cc(Cl)cc1F. The topological polar surface area (TPSA) is 66.4 Å². The second-order valence-corrected chi connectivity index (χ2v) is 5.64. The molecular formula is C13H14ClF2NO3. The number of nitrogens with one attached hydrogen (secondary N) is 1. The summed E-state index contributed by atoms with van der Waals surface area (Å²) in [4.78, 5) is 22.4. The Morgan fingerprint density at radius 1 is 1.25 bits per heavy atom. The van der Waals surface area contributed by atoms with Crippen LogP contribution >= 0.6 is 11.6 Å². The number of carbonyl (C=O) groups excluding carboxylic acids is 1. The fourth-order valence-electron chi connectivity index (χ4n) is 1.75. The van der Waals surface area contributed by atoms with Crippen LogP contribution in [-0.2, 0) is 9.59 Å². The predicted octanol–water partition coefficient (Wildman–Crippen LogP) is 3.45. The highest BCUT2D eigenvalue weighted by molar-refractivity contribution is 6.30. The van der Waals surface area contributed by atoms with Crippen molar-refractivity contribution in [3.63, 3.8) is 0 Å². The maximum Gasteiger partial charge on any atom is 0.303 e. The first-order valence-corrected chi connectivity index (χ1v) is 6.15. The summed E-state index contributed by atoms with van der Waals surface area (Å²) in [6.07, 6.45) is -0.410. The van der Waals surface area contributed by atoms with Gasteiger partial charge in [0.1, 0.15) is 5.69 Å². The molecule has 4 nitrogen and oxygen atoms in total. The smallest absolute Gasteiger partial charge is 0.303 e. The summed E-state index contributed by atoms with van der Waals surface area (Å²) in [5, 5.41) is 10.7. The highest BCUT2D eigenvalue weighted by Gasteiger charge is 2.26. The van der Waals surface area contributed by atoms with Gasteiger partial charge >= 0.3 is 5.97 Å². The van der Waals surface area contributed by atoms with Gasteiger partial charge in [-0.05, 0) is 17.5 Å². The van der Waals surface area contributed by atoms with Crippen molar-refractivity contribution in [1.29, 1.82) is 0 Å². The van der Waals surface area contributed by atoms with Crippen molar-refractivity contribution in [1.82, 2.24) is 0 Å². The van der Waals surface area contributed by atoms with Crippen molar-refractivity contribution < 1.29 is 23.5 Å². The minimum absolute atomic E-state index is 0.121. The highest BCUT2D eigenvalue weighted by atomic mass is 35.5. The van der Waals surface area contributed by atoms with E-state index in [0.29, 0.717) is 0 Å². The van der Waals surface area contributed by atoms with Gasteiger partial charge in [-0.1, -0.05) is 25.4 Å². The average molecular weight is 306 g/mol. The molecule has 110 valence electrons. The number of aliphatic carboxylic acids is 1. The third kappa shape index (κ3) is 4.77. The third-order valence-corrected chi connectivity index (χ3v) is 2.76. The van der Waals surface area contributed by atoms with E-state index in [2.05, 4.69) is 5.32 Å². The Hall–Kier alpha value is -1.69. The fourth-order valence-corrected chi connectivity index (χ4v) is 1.94. The molecule has 0 unspecified atom stereocenters. The molecule has 0 radical (unpaired) electrons. The third-order valence-electron chi connectivity index (χ3n) is 2.54. The number of carboxylic acid groups (broad SMARTS) is 1. The van der Waals surface area contributed by atoms with Crippen LogP contribution in [0.5, 0.6) is 0 Å². The molecule has 0 fully saturated rings. The van der Waals surface area contributed by atoms with Crippen molar-refractivity contribution >= 4 is 29.2 Å². The number of benzene rings is 1. The Labute approximate surface area is 119 Å². The molecule has 1 aromatic carbocycles. The monoisotopic (exact) mass is 305 g/mol. The van der Waals surface area contributed by atoms with Gasteiger partial charge in [-0.15, -0.1) is 0 Å². The van der Waals surface area contributed by atoms with Crippen molar-refractivity contribution in [3.05, 3.63) is 28.8 Å². The Bertz CT molecular complexity index is 523. The van der Waals surface area contributed by atoms with Gasteiger partial charge in [0, 0.05) is 11.4 Å². The molecule has 0 aliphatic carbocycles. The van der Waals surface area contributed by atoms with Gasteiger partial charge in [0.15, 0.2) is 11.6 Å². The van der Waals surface area contributed by atoms with Crippen LogP contribution in [0, 0.1) is 17.0 Å². The van der Waals surface area contributed by atoms with E-state index in [1.807, 2.05) is 0 Å². The number of amides is 1. The highest BCUT2D eigenvalue weighted by Crippen LogP contribution is 2.27. The van der Waals surface area contributed by atoms with E-state index >= 15 is 0 Å². The van der Waals surface area contributed by atoms with Crippen molar-refractivity contribution in [3.8, 4) is 0 Å². The lowest BCUT2D eigenvalue weighted by molar-refractivity contribution is -0.139. The van der Waals surface area contributed by atoms with Crippen LogP contribution in [0.4, 0.5) is 14.5 Å². The number of carbonyl (C=O) groups is 2. The summed E-state index contributed by atoms with van der Waals surface area (Å²) < 4.78 is 27.0. The second kappa shape index (κ2) is 6.17. The molecule has 1 amide bonds. The second-order valence-electron chi connectivity index (χ2n) is 5.20. The zero-order valence-corrected chi connectivity index (χ0v) is 11.7. The molecule has 0 bridgehead atoms. The van der Waals surface area contributed by atoms with Gasteiger partial charge < -0.3 is 10.4 Å². The number of hydrogen-bond acceptors (Lipinski definition) is 2. The summed E-state index contributed by atoms with van der Waals surface area (Å²) in [5.74, 6) is -3.69. The minimum atomic E-state index is -1.05. The number of hydrogen-bond donors (Lipinski definition) is 2. The van der Waals surface area contributed by atoms with Gasteiger partial charge in [0.05, 0.1) is 6.42 Å². The molecule has 0 aromatic heterocycles. The van der Waals surface area contributed by atoms with Crippen molar-refractivity contribution in [2.24, 2.45) is 5.41 Å². The van der Waals surface area contributed by atoms with Crippen LogP contribution in [0.25, 0.3) is 0 Å². The van der Waals surface area contributed by atoms with Crippen LogP contribution in [0.15, 0.2) is 12.1 Å². The lowest BCUT2D eigenvalue weighted by Gasteiger charge is -2.21. The van der Waals surface area contributed by atoms with Crippen LogP contribution in [0.3, 0.4) is 0 Å². The first-order valence-electron chi connectivity index (χ1n) is 5.77. The van der Waals surface area contributed by atoms with Gasteiger partial charge in [0.2, 0.25) is 5.91 Å². The molecule has 0 aliphatic heterocycles. The Kier molecular flexibility index (Phi) is 5.05. The number of anilines is 1. The first-order chi connectivity index (χ1) is 9.10. The summed E-state index contributed by atoms with van der Waals surface area (Å²) in [7, 11) is 0. The zero-order chi connectivity index (χ0) is 15.5. The molecule has 2 N–H and O–H groups in total. The minimum Gasteiger partial charge on any atom is -0.481 e. The van der Waals surface area contributed by atoms with Crippen molar-refractivity contribution in [2.75, 3.05) is 5.32 Å². The summed E-state index contributed by atoms with van der Waals surface area (Å²) in [6, 6.07) is 1.76. The lowest BCUT2D eigenvalue weighted by Crippen LogP contribution is -2.25. The van der Waals surface area contributed by atoms with Gasteiger partial charge in [0.25, 0.3) is 0 Å². The number of rotatable bonds is 5. The zero-order valence-electron chi connectivity index (χ0n) is 11.0. The summed E-state index contributed by atoms with van der Waals surface area (Å²) >= 11 is 5.46. The largest absolute Gasteiger partial charge is 0.481 e. The maximum absolute atomic E-state index is 13.5. The van der Waals surface area contributed by atoms with E-state index in [-0.39, 0.29) is 17.9 Å². The molecule has 0 heterocycles. The van der Waals surface area contributed by atoms with Crippen molar-refractivity contribution in [2.45, 2.75) is 26.7 Å². The molecule has 1 aromatic rings. The molecule has 0 saturated heterocycles. The lowest BCUT2D eigenvalue weighted by atomic mass is 9.85. The van der Waals surface area contributed by atoms with Gasteiger partial charge in [-0.2, -0.15) is 0 Å². The van der Waals surface area contributed by atoms with Gasteiger partial charge in [-0.25, -0.2) is 8.78 Å². The molecule has 0 saturated carbocycles. The molecule has 7 heteroatoms. The molecule has 1 rings (SSSR count). The van der Waals surface area contributed by atoms with E-state index in [1.165, 1.54) is 0 Å². The van der Waals surface area contributed by atoms with Crippen LogP contribution in [0.1, 0.15) is 26.7 Å². The Morgan fingerprint density at radius 2 is 1.75 bits per heavy atom. The predicted molar refractivity (Wildman–Crippen MR) is 70.6 cm³/mol. The van der Waals surface area contributed by atoms with E-state index < -0.39 is 34.6 Å². The summed E-state index contributed by atoms with van der Waals surface area (Å²) in [5.41, 5.74) is -1.42. The van der Waals surface area contributed by atoms with E-state index in [1.54, 1.807) is 13.8 Å². The Morgan fingerprint density at radius 3 is 2.20 bits per heavy atom. The Balaban J connectivity index is 2.79. The normalized spacial score (nSPS) is 11.2. The molecule has 0 aliphatic rings. The number of carboxylic acids is 1. The standard InChI is InChI=1S/C13H14ClF2NO3/c1-13(2,6-11(19)20)5-10(18)17-12-8(15)3-7(14)4-9(12)16/h3-4H,5-6H2,1-2H3,(H,17,18)(H,19,20). The van der Waals surface area contributed by atoms with Crippen LogP contribution < -0.4 is 5.32 Å². The van der Waals surface area contributed by atoms with E-state index in [4.69, 9.17) is 16.7 Å². The first kappa shape index (κ1) is 16.4. The number of halogens is 3. The maximum atomic E-state index is 13.5. The fraction of sp³-hybridized carbons (Fsp3) is 0.385. The van der Waals surface area contributed by atoms with E-state index in [0.717, 1.165) is 12.1 Å². The summed E-state index contributed by atoms with van der Waals surface area (Å²) in [6.45, 7) is 3.16. The van der Waals surface area contributed by atoms with Gasteiger partial charge in [-0.3, -0.25) is 9.59 Å². The van der Waals surface area contributed by atoms with Crippen LogP contribution in [0.2, 0.25) is 5.02 Å². The average Bonchev–Trinajstić information content (AvgIpc) is 2.20. The molecular weight excluding hydrogens is 292 g/mol. The molecule has 0 spiro atoms. The molecule has 20 heavy (non-hydrogen) atoms. The molecule has 0 atom stereocenters. The quantitative estimate of drug-likeness (QED) is 0.875. The van der Waals surface area contributed by atoms with E-state index in [9.17, 15) is 18.4 Å². The van der Waals surface area contributed by atoms with Crippen LogP contribution in [-0.4, -0.2) is 17.0 Å².